The van der Waals surface area contributed by atoms with Crippen LogP contribution in [0.3, 0.4) is 0 Å². The number of methoxy groups -OCH3 is 1. The van der Waals surface area contributed by atoms with E-state index in [-0.39, 0.29) is 18.0 Å². The molecule has 6 heteroatoms. The molecule has 1 atom stereocenters. The van der Waals surface area contributed by atoms with E-state index in [0.717, 1.165) is 24.8 Å². The lowest BCUT2D eigenvalue weighted by Crippen LogP contribution is -2.41. The predicted octanol–water partition coefficient (Wildman–Crippen LogP) is 3.05. The van der Waals surface area contributed by atoms with Crippen molar-refractivity contribution in [2.45, 2.75) is 32.2 Å². The Kier molecular flexibility index (Phi) is 6.66. The van der Waals surface area contributed by atoms with E-state index < -0.39 is 0 Å². The highest BCUT2D eigenvalue weighted by atomic mass is 16.5. The van der Waals surface area contributed by atoms with Crippen molar-refractivity contribution in [3.05, 3.63) is 64.7 Å². The Morgan fingerprint density at radius 2 is 1.93 bits per heavy atom. The van der Waals surface area contributed by atoms with Gasteiger partial charge in [0.2, 0.25) is 0 Å². The SMILES string of the molecule is COCCNC(=O)c1ccc(NC(=O)N[C@@H]2CCc3ccccc3C2)c(C)c1. The number of amides is 3. The lowest BCUT2D eigenvalue weighted by molar-refractivity contribution is 0.0937. The van der Waals surface area contributed by atoms with Gasteiger partial charge < -0.3 is 20.7 Å². The molecule has 28 heavy (non-hydrogen) atoms. The lowest BCUT2D eigenvalue weighted by Gasteiger charge is -2.25. The molecule has 0 aliphatic heterocycles. The number of carbonyl (C=O) groups excluding carboxylic acids is 2. The zero-order valence-electron chi connectivity index (χ0n) is 16.4. The van der Waals surface area contributed by atoms with Crippen LogP contribution in [-0.4, -0.2) is 38.2 Å². The van der Waals surface area contributed by atoms with Crippen LogP contribution in [0.2, 0.25) is 0 Å². The quantitative estimate of drug-likeness (QED) is 0.673. The lowest BCUT2D eigenvalue weighted by atomic mass is 9.88. The molecule has 0 spiro atoms. The number of hydrogen-bond acceptors (Lipinski definition) is 3. The van der Waals surface area contributed by atoms with Crippen molar-refractivity contribution in [2.75, 3.05) is 25.6 Å². The molecule has 0 saturated carbocycles. The number of carbonyl (C=O) groups is 2. The van der Waals surface area contributed by atoms with Crippen molar-refractivity contribution in [1.29, 1.82) is 0 Å². The van der Waals surface area contributed by atoms with Crippen LogP contribution in [0.1, 0.15) is 33.5 Å². The van der Waals surface area contributed by atoms with Gasteiger partial charge in [-0.3, -0.25) is 4.79 Å². The number of anilines is 1. The van der Waals surface area contributed by atoms with E-state index in [2.05, 4.69) is 34.1 Å². The van der Waals surface area contributed by atoms with Crippen LogP contribution in [0.15, 0.2) is 42.5 Å². The molecule has 3 N–H and O–H groups in total. The van der Waals surface area contributed by atoms with Gasteiger partial charge in [-0.05, 0) is 61.1 Å². The molecule has 6 nitrogen and oxygen atoms in total. The van der Waals surface area contributed by atoms with Crippen LogP contribution in [0, 0.1) is 6.92 Å². The second-order valence-electron chi connectivity index (χ2n) is 7.09. The fourth-order valence-corrected chi connectivity index (χ4v) is 3.48. The first-order valence-corrected chi connectivity index (χ1v) is 9.59. The first-order valence-electron chi connectivity index (χ1n) is 9.59. The number of aryl methyl sites for hydroxylation is 2. The van der Waals surface area contributed by atoms with Gasteiger partial charge in [0.05, 0.1) is 6.61 Å². The number of hydrogen-bond donors (Lipinski definition) is 3. The normalized spacial score (nSPS) is 15.4. The minimum atomic E-state index is -0.218. The van der Waals surface area contributed by atoms with E-state index in [1.165, 1.54) is 11.1 Å². The topological polar surface area (TPSA) is 79.5 Å². The minimum Gasteiger partial charge on any atom is -0.383 e. The molecule has 0 unspecified atom stereocenters. The third-order valence-electron chi connectivity index (χ3n) is 5.01. The fraction of sp³-hybridized carbons (Fsp3) is 0.364. The molecular weight excluding hydrogens is 354 g/mol. The number of nitrogens with one attached hydrogen (secondary N) is 3. The highest BCUT2D eigenvalue weighted by molar-refractivity contribution is 5.96. The fourth-order valence-electron chi connectivity index (χ4n) is 3.48. The van der Waals surface area contributed by atoms with Crippen molar-refractivity contribution >= 4 is 17.6 Å². The highest BCUT2D eigenvalue weighted by Crippen LogP contribution is 2.21. The van der Waals surface area contributed by atoms with E-state index in [1.54, 1.807) is 25.3 Å². The number of ether oxygens (including phenoxy) is 1. The van der Waals surface area contributed by atoms with E-state index in [4.69, 9.17) is 4.74 Å². The summed E-state index contributed by atoms with van der Waals surface area (Å²) in [7, 11) is 1.59. The summed E-state index contributed by atoms with van der Waals surface area (Å²) in [6, 6.07) is 13.5. The number of rotatable bonds is 6. The van der Waals surface area contributed by atoms with Gasteiger partial charge in [-0.15, -0.1) is 0 Å². The molecule has 0 bridgehead atoms. The van der Waals surface area contributed by atoms with Crippen LogP contribution in [0.5, 0.6) is 0 Å². The molecule has 3 rings (SSSR count). The third-order valence-corrected chi connectivity index (χ3v) is 5.01. The minimum absolute atomic E-state index is 0.126. The molecule has 0 heterocycles. The summed E-state index contributed by atoms with van der Waals surface area (Å²) in [6.45, 7) is 2.80. The van der Waals surface area contributed by atoms with Crippen LogP contribution in [0.4, 0.5) is 10.5 Å². The summed E-state index contributed by atoms with van der Waals surface area (Å²) in [4.78, 5) is 24.5. The van der Waals surface area contributed by atoms with Gasteiger partial charge >= 0.3 is 6.03 Å². The Labute approximate surface area is 165 Å². The first kappa shape index (κ1) is 19.9. The Morgan fingerprint density at radius 3 is 2.68 bits per heavy atom. The van der Waals surface area contributed by atoms with Crippen LogP contribution < -0.4 is 16.0 Å². The largest absolute Gasteiger partial charge is 0.383 e. The maximum Gasteiger partial charge on any atom is 0.319 e. The molecule has 2 aromatic rings. The van der Waals surface area contributed by atoms with Gasteiger partial charge in [0.1, 0.15) is 0 Å². The predicted molar refractivity (Wildman–Crippen MR) is 110 cm³/mol. The standard InChI is InChI=1S/C22H27N3O3/c1-15-13-18(21(26)23-11-12-28-2)8-10-20(15)25-22(27)24-19-9-7-16-5-3-4-6-17(16)14-19/h3-6,8,10,13,19H,7,9,11-12,14H2,1-2H3,(H,23,26)(H2,24,25,27)/t19-/m1/s1. The molecule has 0 saturated heterocycles. The van der Waals surface area contributed by atoms with Crippen molar-refractivity contribution in [3.8, 4) is 0 Å². The van der Waals surface area contributed by atoms with Gasteiger partial charge in [0, 0.05) is 30.9 Å². The second kappa shape index (κ2) is 9.37. The van der Waals surface area contributed by atoms with Gasteiger partial charge in [0.15, 0.2) is 0 Å². The molecule has 0 fully saturated rings. The molecular formula is C22H27N3O3. The maximum absolute atomic E-state index is 12.4. The molecule has 1 aliphatic carbocycles. The summed E-state index contributed by atoms with van der Waals surface area (Å²) in [6.07, 6.45) is 2.76. The molecule has 0 aromatic heterocycles. The van der Waals surface area contributed by atoms with E-state index in [0.29, 0.717) is 24.4 Å². The molecule has 0 radical (unpaired) electrons. The summed E-state index contributed by atoms with van der Waals surface area (Å²) < 4.78 is 4.93. The van der Waals surface area contributed by atoms with E-state index in [1.807, 2.05) is 13.0 Å². The van der Waals surface area contributed by atoms with Crippen molar-refractivity contribution < 1.29 is 14.3 Å². The van der Waals surface area contributed by atoms with Gasteiger partial charge in [-0.2, -0.15) is 0 Å². The van der Waals surface area contributed by atoms with E-state index in [9.17, 15) is 9.59 Å². The van der Waals surface area contributed by atoms with Crippen LogP contribution in [0.25, 0.3) is 0 Å². The summed E-state index contributed by atoms with van der Waals surface area (Å²) >= 11 is 0. The summed E-state index contributed by atoms with van der Waals surface area (Å²) in [5.74, 6) is -0.156. The van der Waals surface area contributed by atoms with Gasteiger partial charge in [0.25, 0.3) is 5.91 Å². The smallest absolute Gasteiger partial charge is 0.319 e. The Morgan fingerprint density at radius 1 is 1.14 bits per heavy atom. The van der Waals surface area contributed by atoms with Crippen LogP contribution >= 0.6 is 0 Å². The van der Waals surface area contributed by atoms with Gasteiger partial charge in [-0.1, -0.05) is 24.3 Å². The Hall–Kier alpha value is -2.86. The number of benzene rings is 2. The molecule has 148 valence electrons. The molecule has 2 aromatic carbocycles. The van der Waals surface area contributed by atoms with E-state index >= 15 is 0 Å². The number of fused-ring (bicyclic) bond motifs is 1. The first-order chi connectivity index (χ1) is 13.6. The Balaban J connectivity index is 1.55. The van der Waals surface area contributed by atoms with Gasteiger partial charge in [-0.25, -0.2) is 4.79 Å². The average Bonchev–Trinajstić information content (AvgIpc) is 2.69. The monoisotopic (exact) mass is 381 g/mol. The Bertz CT molecular complexity index is 851. The third kappa shape index (κ3) is 5.10. The number of urea groups is 1. The van der Waals surface area contributed by atoms with Crippen LogP contribution in [-0.2, 0) is 17.6 Å². The second-order valence-corrected chi connectivity index (χ2v) is 7.09. The maximum atomic E-state index is 12.4. The van der Waals surface area contributed by atoms with Crippen molar-refractivity contribution in [2.24, 2.45) is 0 Å². The zero-order valence-corrected chi connectivity index (χ0v) is 16.4. The summed E-state index contributed by atoms with van der Waals surface area (Å²) in [5.41, 5.74) is 4.77. The highest BCUT2D eigenvalue weighted by Gasteiger charge is 2.20. The molecule has 3 amide bonds. The van der Waals surface area contributed by atoms with Crippen molar-refractivity contribution in [3.63, 3.8) is 0 Å². The van der Waals surface area contributed by atoms with Crippen molar-refractivity contribution in [1.82, 2.24) is 10.6 Å². The summed E-state index contributed by atoms with van der Waals surface area (Å²) in [5, 5.41) is 8.75. The average molecular weight is 381 g/mol. The zero-order chi connectivity index (χ0) is 19.9. The molecule has 1 aliphatic rings.